The number of amides is 1. The topological polar surface area (TPSA) is 80.1 Å². The van der Waals surface area contributed by atoms with Gasteiger partial charge in [-0.25, -0.2) is 0 Å². The molecule has 4 rings (SSSR count). The van der Waals surface area contributed by atoms with Gasteiger partial charge in [0.25, 0.3) is 5.91 Å². The Balaban J connectivity index is 1.81. The van der Waals surface area contributed by atoms with Gasteiger partial charge < -0.3 is 14.5 Å². The van der Waals surface area contributed by atoms with Crippen molar-refractivity contribution in [3.8, 4) is 5.75 Å². The smallest absolute Gasteiger partial charge is 0.274 e. The van der Waals surface area contributed by atoms with Crippen LogP contribution in [0.2, 0.25) is 0 Å². The van der Waals surface area contributed by atoms with Crippen LogP contribution in [0.15, 0.2) is 51.5 Å². The highest BCUT2D eigenvalue weighted by Gasteiger charge is 2.17. The minimum absolute atomic E-state index is 0.326. The third kappa shape index (κ3) is 2.33. The van der Waals surface area contributed by atoms with Gasteiger partial charge in [0, 0.05) is 16.8 Å². The van der Waals surface area contributed by atoms with Crippen molar-refractivity contribution in [1.82, 2.24) is 10.2 Å². The minimum atomic E-state index is -0.326. The molecule has 4 aromatic rings. The van der Waals surface area contributed by atoms with Crippen LogP contribution in [0.1, 0.15) is 10.5 Å². The summed E-state index contributed by atoms with van der Waals surface area (Å²) < 4.78 is 11.9. The molecule has 2 aromatic carbocycles. The number of furan rings is 1. The van der Waals surface area contributed by atoms with Crippen molar-refractivity contribution in [2.24, 2.45) is 0 Å². The van der Waals surface area contributed by atoms with Crippen molar-refractivity contribution in [2.45, 2.75) is 0 Å². The van der Waals surface area contributed by atoms with Gasteiger partial charge in [0.2, 0.25) is 0 Å². The molecule has 0 unspecified atom stereocenters. The van der Waals surface area contributed by atoms with Crippen LogP contribution in [0.3, 0.4) is 0 Å². The van der Waals surface area contributed by atoms with Crippen LogP contribution in [0, 0.1) is 0 Å². The summed E-state index contributed by atoms with van der Waals surface area (Å²) in [6, 6.07) is 11.4. The third-order valence-electron chi connectivity index (χ3n) is 3.77. The maximum Gasteiger partial charge on any atom is 0.274 e. The number of methoxy groups -OCH3 is 1. The first-order valence-electron chi connectivity index (χ1n) is 7.17. The Hall–Kier alpha value is -2.80. The molecule has 0 saturated carbocycles. The highest BCUT2D eigenvalue weighted by Crippen LogP contribution is 2.36. The molecule has 120 valence electrons. The average Bonchev–Trinajstić information content (AvgIpc) is 3.17. The molecule has 0 saturated heterocycles. The predicted molar refractivity (Wildman–Crippen MR) is 94.5 cm³/mol. The lowest BCUT2D eigenvalue weighted by Crippen LogP contribution is -2.13. The Labute approximate surface area is 144 Å². The van der Waals surface area contributed by atoms with Crippen LogP contribution in [-0.4, -0.2) is 23.2 Å². The summed E-state index contributed by atoms with van der Waals surface area (Å²) in [5, 5.41) is 11.2. The van der Waals surface area contributed by atoms with E-state index in [-0.39, 0.29) is 5.91 Å². The van der Waals surface area contributed by atoms with Crippen LogP contribution in [0.25, 0.3) is 21.9 Å². The maximum atomic E-state index is 12.4. The zero-order valence-electron chi connectivity index (χ0n) is 12.6. The van der Waals surface area contributed by atoms with E-state index < -0.39 is 0 Å². The number of halogens is 1. The average molecular weight is 386 g/mol. The molecule has 2 N–H and O–H groups in total. The van der Waals surface area contributed by atoms with Crippen LogP contribution in [0.5, 0.6) is 5.75 Å². The first-order valence-corrected chi connectivity index (χ1v) is 7.96. The van der Waals surface area contributed by atoms with Crippen LogP contribution in [0.4, 0.5) is 5.69 Å². The normalized spacial score (nSPS) is 11.1. The lowest BCUT2D eigenvalue weighted by Gasteiger charge is -2.09. The molecule has 0 aliphatic rings. The number of carbonyl (C=O) groups excluding carboxylic acids is 1. The van der Waals surface area contributed by atoms with Gasteiger partial charge in [-0.05, 0) is 28.1 Å². The molecule has 2 heterocycles. The number of benzene rings is 2. The Morgan fingerprint density at radius 3 is 2.83 bits per heavy atom. The van der Waals surface area contributed by atoms with Crippen molar-refractivity contribution in [3.63, 3.8) is 0 Å². The highest BCUT2D eigenvalue weighted by molar-refractivity contribution is 9.10. The fourth-order valence-corrected chi connectivity index (χ4v) is 3.00. The zero-order chi connectivity index (χ0) is 16.7. The fraction of sp³-hybridized carbons (Fsp3) is 0.0588. The van der Waals surface area contributed by atoms with Gasteiger partial charge in [0.15, 0.2) is 0 Å². The molecule has 2 aromatic heterocycles. The number of fused-ring (bicyclic) bond motifs is 3. The SMILES string of the molecule is COc1cc2c(cc1NC(=O)c1[nH]ncc1Br)oc1ccccc12. The van der Waals surface area contributed by atoms with Gasteiger partial charge in [0.1, 0.15) is 22.6 Å². The number of ether oxygens (including phenoxy) is 1. The van der Waals surface area contributed by atoms with Crippen molar-refractivity contribution in [1.29, 1.82) is 0 Å². The second-order valence-electron chi connectivity index (χ2n) is 5.19. The van der Waals surface area contributed by atoms with Crippen molar-refractivity contribution < 1.29 is 13.9 Å². The largest absolute Gasteiger partial charge is 0.495 e. The summed E-state index contributed by atoms with van der Waals surface area (Å²) in [4.78, 5) is 12.4. The summed E-state index contributed by atoms with van der Waals surface area (Å²) in [5.41, 5.74) is 2.32. The molecule has 0 aliphatic heterocycles. The number of para-hydroxylation sites is 1. The fourth-order valence-electron chi connectivity index (χ4n) is 2.63. The second kappa shape index (κ2) is 5.68. The van der Waals surface area contributed by atoms with E-state index in [1.54, 1.807) is 13.2 Å². The van der Waals surface area contributed by atoms with Crippen LogP contribution >= 0.6 is 15.9 Å². The summed E-state index contributed by atoms with van der Waals surface area (Å²) in [6.45, 7) is 0. The minimum Gasteiger partial charge on any atom is -0.495 e. The van der Waals surface area contributed by atoms with E-state index in [4.69, 9.17) is 9.15 Å². The maximum absolute atomic E-state index is 12.4. The Morgan fingerprint density at radius 1 is 1.25 bits per heavy atom. The molecule has 1 amide bonds. The first kappa shape index (κ1) is 14.8. The lowest BCUT2D eigenvalue weighted by molar-refractivity contribution is 0.102. The molecule has 6 nitrogen and oxygen atoms in total. The molecule has 0 aliphatic carbocycles. The summed E-state index contributed by atoms with van der Waals surface area (Å²) in [6.07, 6.45) is 1.52. The number of nitrogens with zero attached hydrogens (tertiary/aromatic N) is 1. The third-order valence-corrected chi connectivity index (χ3v) is 4.37. The highest BCUT2D eigenvalue weighted by atomic mass is 79.9. The molecule has 0 fully saturated rings. The van der Waals surface area contributed by atoms with Gasteiger partial charge >= 0.3 is 0 Å². The molecular formula is C17H12BrN3O3. The summed E-state index contributed by atoms with van der Waals surface area (Å²) in [5.74, 6) is 0.228. The quantitative estimate of drug-likeness (QED) is 0.549. The number of hydrogen-bond acceptors (Lipinski definition) is 4. The molecule has 0 bridgehead atoms. The lowest BCUT2D eigenvalue weighted by atomic mass is 10.1. The number of rotatable bonds is 3. The van der Waals surface area contributed by atoms with Crippen molar-refractivity contribution >= 4 is 49.5 Å². The van der Waals surface area contributed by atoms with Crippen molar-refractivity contribution in [3.05, 3.63) is 52.8 Å². The number of aromatic amines is 1. The standard InChI is InChI=1S/C17H12BrN3O3/c1-23-15-6-10-9-4-2-3-5-13(9)24-14(10)7-12(15)20-17(22)16-11(18)8-19-21-16/h2-8H,1H3,(H,19,21)(H,20,22). The van der Waals surface area contributed by atoms with E-state index in [0.717, 1.165) is 16.4 Å². The van der Waals surface area contributed by atoms with Gasteiger partial charge in [-0.2, -0.15) is 5.10 Å². The van der Waals surface area contributed by atoms with Crippen LogP contribution in [-0.2, 0) is 0 Å². The Kier molecular flexibility index (Phi) is 3.50. The van der Waals surface area contributed by atoms with E-state index in [0.29, 0.717) is 27.2 Å². The Morgan fingerprint density at radius 2 is 2.08 bits per heavy atom. The Bertz CT molecular complexity index is 1070. The molecule has 0 atom stereocenters. The second-order valence-corrected chi connectivity index (χ2v) is 6.05. The number of hydrogen-bond donors (Lipinski definition) is 2. The number of anilines is 1. The van der Waals surface area contributed by atoms with Gasteiger partial charge in [-0.3, -0.25) is 9.89 Å². The number of H-pyrrole nitrogens is 1. The molecule has 7 heteroatoms. The molecular weight excluding hydrogens is 374 g/mol. The monoisotopic (exact) mass is 385 g/mol. The first-order chi connectivity index (χ1) is 11.7. The van der Waals surface area contributed by atoms with E-state index >= 15 is 0 Å². The van der Waals surface area contributed by atoms with E-state index in [1.807, 2.05) is 30.3 Å². The van der Waals surface area contributed by atoms with Gasteiger partial charge in [-0.15, -0.1) is 0 Å². The molecule has 0 spiro atoms. The van der Waals surface area contributed by atoms with Crippen LogP contribution < -0.4 is 10.1 Å². The number of aromatic nitrogens is 2. The van der Waals surface area contributed by atoms with Gasteiger partial charge in [0.05, 0.1) is 23.5 Å². The predicted octanol–water partition coefficient (Wildman–Crippen LogP) is 4.33. The van der Waals surface area contributed by atoms with E-state index in [9.17, 15) is 4.79 Å². The van der Waals surface area contributed by atoms with Gasteiger partial charge in [-0.1, -0.05) is 18.2 Å². The molecule has 0 radical (unpaired) electrons. The van der Waals surface area contributed by atoms with Crippen molar-refractivity contribution in [2.75, 3.05) is 12.4 Å². The molecule has 24 heavy (non-hydrogen) atoms. The van der Waals surface area contributed by atoms with E-state index in [2.05, 4.69) is 31.4 Å². The summed E-state index contributed by atoms with van der Waals surface area (Å²) >= 11 is 3.27. The summed E-state index contributed by atoms with van der Waals surface area (Å²) in [7, 11) is 1.56. The number of carbonyl (C=O) groups is 1. The number of nitrogens with one attached hydrogen (secondary N) is 2. The zero-order valence-corrected chi connectivity index (χ0v) is 14.2. The van der Waals surface area contributed by atoms with E-state index in [1.165, 1.54) is 6.20 Å².